The molecule has 0 aliphatic carbocycles. The van der Waals surface area contributed by atoms with E-state index in [0.717, 1.165) is 22.5 Å². The van der Waals surface area contributed by atoms with Gasteiger partial charge >= 0.3 is 0 Å². The van der Waals surface area contributed by atoms with E-state index in [9.17, 15) is 4.79 Å². The van der Waals surface area contributed by atoms with E-state index in [4.69, 9.17) is 4.74 Å². The topological polar surface area (TPSA) is 111 Å². The summed E-state index contributed by atoms with van der Waals surface area (Å²) >= 11 is 0. The van der Waals surface area contributed by atoms with Crippen LogP contribution in [-0.4, -0.2) is 42.7 Å². The number of rotatable bonds is 5. The Labute approximate surface area is 154 Å². The Morgan fingerprint density at radius 1 is 1.19 bits per heavy atom. The van der Waals surface area contributed by atoms with E-state index >= 15 is 0 Å². The maximum absolute atomic E-state index is 12.2. The van der Waals surface area contributed by atoms with Gasteiger partial charge in [-0.3, -0.25) is 9.89 Å². The number of carbonyl (C=O) groups excluding carboxylic acids is 1. The molecule has 9 nitrogen and oxygen atoms in total. The number of aromatic nitrogens is 6. The number of H-pyrrole nitrogens is 1. The molecule has 136 valence electrons. The molecule has 0 radical (unpaired) electrons. The van der Waals surface area contributed by atoms with Crippen molar-refractivity contribution in [2.45, 2.75) is 13.8 Å². The summed E-state index contributed by atoms with van der Waals surface area (Å²) in [7, 11) is 0. The molecular formula is C18H17N7O2. The van der Waals surface area contributed by atoms with E-state index in [0.29, 0.717) is 17.8 Å². The second-order valence-electron chi connectivity index (χ2n) is 5.86. The van der Waals surface area contributed by atoms with Gasteiger partial charge < -0.3 is 10.1 Å². The molecule has 2 aromatic heterocycles. The maximum Gasteiger partial charge on any atom is 0.292 e. The molecule has 2 aromatic carbocycles. The third-order valence-electron chi connectivity index (χ3n) is 3.98. The summed E-state index contributed by atoms with van der Waals surface area (Å²) in [5.74, 6) is 0.576. The van der Waals surface area contributed by atoms with Crippen molar-refractivity contribution in [1.82, 2.24) is 30.2 Å². The molecule has 4 rings (SSSR count). The Morgan fingerprint density at radius 3 is 2.59 bits per heavy atom. The quantitative estimate of drug-likeness (QED) is 0.564. The van der Waals surface area contributed by atoms with Crippen molar-refractivity contribution in [1.29, 1.82) is 0 Å². The molecule has 4 aromatic rings. The summed E-state index contributed by atoms with van der Waals surface area (Å²) in [5, 5.41) is 18.0. The largest absolute Gasteiger partial charge is 0.494 e. The highest BCUT2D eigenvalue weighted by atomic mass is 16.5. The van der Waals surface area contributed by atoms with Crippen LogP contribution in [0.4, 0.5) is 5.69 Å². The van der Waals surface area contributed by atoms with E-state index < -0.39 is 0 Å². The normalized spacial score (nSPS) is 10.9. The van der Waals surface area contributed by atoms with Crippen molar-refractivity contribution in [2.75, 3.05) is 11.9 Å². The summed E-state index contributed by atoms with van der Waals surface area (Å²) in [6.07, 6.45) is 1.29. The summed E-state index contributed by atoms with van der Waals surface area (Å²) in [6, 6.07) is 11.2. The lowest BCUT2D eigenvalue weighted by atomic mass is 10.1. The first-order valence-electron chi connectivity index (χ1n) is 8.41. The molecule has 27 heavy (non-hydrogen) atoms. The van der Waals surface area contributed by atoms with E-state index in [1.165, 1.54) is 6.33 Å². The van der Waals surface area contributed by atoms with Gasteiger partial charge in [0.1, 0.15) is 23.1 Å². The minimum absolute atomic E-state index is 0.146. The second kappa shape index (κ2) is 6.87. The number of amides is 1. The summed E-state index contributed by atoms with van der Waals surface area (Å²) in [5.41, 5.74) is 3.73. The maximum atomic E-state index is 12.2. The molecule has 0 aliphatic heterocycles. The Hall–Kier alpha value is -3.75. The highest BCUT2D eigenvalue weighted by Gasteiger charge is 2.13. The van der Waals surface area contributed by atoms with Crippen LogP contribution in [0.3, 0.4) is 0 Å². The predicted octanol–water partition coefficient (Wildman–Crippen LogP) is 2.50. The van der Waals surface area contributed by atoms with Crippen LogP contribution < -0.4 is 10.1 Å². The van der Waals surface area contributed by atoms with Crippen molar-refractivity contribution in [3.63, 3.8) is 0 Å². The summed E-state index contributed by atoms with van der Waals surface area (Å²) in [4.78, 5) is 17.6. The third kappa shape index (κ3) is 3.34. The Bertz CT molecular complexity index is 1090. The number of benzene rings is 2. The van der Waals surface area contributed by atoms with Gasteiger partial charge in [-0.25, -0.2) is 4.98 Å². The standard InChI is InChI=1S/C18H17N7O2/c1-3-27-13-6-4-12(5-7-13)25-23-15-8-11(2)14(9-16(15)24-25)21-18(26)17-19-10-20-22-17/h4-10H,3H2,1-2H3,(H,21,26)(H,19,20,22). The van der Waals surface area contributed by atoms with Gasteiger partial charge in [-0.05, 0) is 55.8 Å². The van der Waals surface area contributed by atoms with Crippen LogP contribution in [0.25, 0.3) is 16.7 Å². The van der Waals surface area contributed by atoms with Crippen LogP contribution in [0.2, 0.25) is 0 Å². The minimum Gasteiger partial charge on any atom is -0.494 e. The van der Waals surface area contributed by atoms with Crippen LogP contribution in [0, 0.1) is 6.92 Å². The number of nitrogens with zero attached hydrogens (tertiary/aromatic N) is 5. The van der Waals surface area contributed by atoms with Crippen LogP contribution >= 0.6 is 0 Å². The fraction of sp³-hybridized carbons (Fsp3) is 0.167. The highest BCUT2D eigenvalue weighted by molar-refractivity contribution is 6.02. The first-order chi connectivity index (χ1) is 13.1. The lowest BCUT2D eigenvalue weighted by Crippen LogP contribution is -2.14. The SMILES string of the molecule is CCOc1ccc(-n2nc3cc(C)c(NC(=O)c4ncn[nH]4)cc3n2)cc1. The molecular weight excluding hydrogens is 346 g/mol. The number of hydrogen-bond acceptors (Lipinski definition) is 6. The van der Waals surface area contributed by atoms with Gasteiger partial charge in [0.05, 0.1) is 12.3 Å². The Morgan fingerprint density at radius 2 is 1.93 bits per heavy atom. The fourth-order valence-electron chi connectivity index (χ4n) is 2.66. The van der Waals surface area contributed by atoms with E-state index in [1.54, 1.807) is 10.9 Å². The molecule has 0 bridgehead atoms. The van der Waals surface area contributed by atoms with Gasteiger partial charge in [0.15, 0.2) is 0 Å². The molecule has 9 heteroatoms. The van der Waals surface area contributed by atoms with Gasteiger partial charge in [0.2, 0.25) is 5.82 Å². The van der Waals surface area contributed by atoms with E-state index in [1.807, 2.05) is 44.2 Å². The monoisotopic (exact) mass is 363 g/mol. The number of aryl methyl sites for hydroxylation is 1. The number of carbonyl (C=O) groups is 1. The molecule has 0 fully saturated rings. The zero-order valence-corrected chi connectivity index (χ0v) is 14.8. The molecule has 0 spiro atoms. The van der Waals surface area contributed by atoms with Crippen LogP contribution in [0.5, 0.6) is 5.75 Å². The average Bonchev–Trinajstić information content (AvgIpc) is 3.32. The van der Waals surface area contributed by atoms with Crippen molar-refractivity contribution in [3.8, 4) is 11.4 Å². The van der Waals surface area contributed by atoms with Gasteiger partial charge in [0.25, 0.3) is 5.91 Å². The van der Waals surface area contributed by atoms with Gasteiger partial charge in [-0.15, -0.1) is 10.2 Å². The van der Waals surface area contributed by atoms with Crippen molar-refractivity contribution < 1.29 is 9.53 Å². The smallest absolute Gasteiger partial charge is 0.292 e. The van der Waals surface area contributed by atoms with Crippen molar-refractivity contribution in [3.05, 3.63) is 54.1 Å². The predicted molar refractivity (Wildman–Crippen MR) is 99.1 cm³/mol. The third-order valence-corrected chi connectivity index (χ3v) is 3.98. The lowest BCUT2D eigenvalue weighted by Gasteiger charge is -2.06. The zero-order valence-electron chi connectivity index (χ0n) is 14.8. The summed E-state index contributed by atoms with van der Waals surface area (Å²) < 4.78 is 5.45. The minimum atomic E-state index is -0.367. The average molecular weight is 363 g/mol. The van der Waals surface area contributed by atoms with Crippen LogP contribution in [0.15, 0.2) is 42.7 Å². The molecule has 2 heterocycles. The molecule has 0 atom stereocenters. The number of aromatic amines is 1. The number of anilines is 1. The van der Waals surface area contributed by atoms with Crippen molar-refractivity contribution >= 4 is 22.6 Å². The molecule has 2 N–H and O–H groups in total. The first-order valence-corrected chi connectivity index (χ1v) is 8.41. The molecule has 0 saturated heterocycles. The number of fused-ring (bicyclic) bond motifs is 1. The fourth-order valence-corrected chi connectivity index (χ4v) is 2.66. The zero-order chi connectivity index (χ0) is 18.8. The lowest BCUT2D eigenvalue weighted by molar-refractivity contribution is 0.101. The van der Waals surface area contributed by atoms with Crippen LogP contribution in [-0.2, 0) is 0 Å². The Balaban J connectivity index is 1.63. The van der Waals surface area contributed by atoms with Crippen molar-refractivity contribution in [2.24, 2.45) is 0 Å². The molecule has 0 unspecified atom stereocenters. The highest BCUT2D eigenvalue weighted by Crippen LogP contribution is 2.23. The van der Waals surface area contributed by atoms with Gasteiger partial charge in [-0.1, -0.05) is 0 Å². The Kier molecular flexibility index (Phi) is 4.25. The molecule has 0 saturated carbocycles. The van der Waals surface area contributed by atoms with Crippen LogP contribution in [0.1, 0.15) is 23.1 Å². The molecule has 1 amide bonds. The van der Waals surface area contributed by atoms with E-state index in [-0.39, 0.29) is 11.7 Å². The van der Waals surface area contributed by atoms with Gasteiger partial charge in [-0.2, -0.15) is 9.90 Å². The first kappa shape index (κ1) is 16.7. The van der Waals surface area contributed by atoms with Gasteiger partial charge in [0, 0.05) is 5.69 Å². The molecule has 0 aliphatic rings. The summed E-state index contributed by atoms with van der Waals surface area (Å²) in [6.45, 7) is 4.45. The number of hydrogen-bond donors (Lipinski definition) is 2. The second-order valence-corrected chi connectivity index (χ2v) is 5.86. The van der Waals surface area contributed by atoms with E-state index in [2.05, 4.69) is 30.7 Å². The number of nitrogens with one attached hydrogen (secondary N) is 2. The number of ether oxygens (including phenoxy) is 1.